The van der Waals surface area contributed by atoms with Crippen LogP contribution in [-0.2, 0) is 9.47 Å². The van der Waals surface area contributed by atoms with Gasteiger partial charge in [0.2, 0.25) is 0 Å². The van der Waals surface area contributed by atoms with Crippen molar-refractivity contribution in [1.82, 2.24) is 10.6 Å². The fourth-order valence-electron chi connectivity index (χ4n) is 2.50. The highest BCUT2D eigenvalue weighted by molar-refractivity contribution is 5.68. The van der Waals surface area contributed by atoms with Crippen LogP contribution < -0.4 is 10.6 Å². The fraction of sp³-hybridized carbons (Fsp3) is 0.938. The molecule has 1 fully saturated rings. The van der Waals surface area contributed by atoms with E-state index in [0.717, 1.165) is 51.9 Å². The summed E-state index contributed by atoms with van der Waals surface area (Å²) in [5.74, 6) is 0. The predicted octanol–water partition coefficient (Wildman–Crippen LogP) is 2.84. The first kappa shape index (κ1) is 18.2. The van der Waals surface area contributed by atoms with Crippen LogP contribution in [0.4, 0.5) is 4.79 Å². The Bertz CT molecular complexity index is 302. The Morgan fingerprint density at radius 3 is 2.57 bits per heavy atom. The summed E-state index contributed by atoms with van der Waals surface area (Å²) >= 11 is 0. The van der Waals surface area contributed by atoms with Gasteiger partial charge in [0.25, 0.3) is 0 Å². The summed E-state index contributed by atoms with van der Waals surface area (Å²) < 4.78 is 10.7. The van der Waals surface area contributed by atoms with Gasteiger partial charge in [-0.05, 0) is 59.4 Å². The van der Waals surface area contributed by atoms with Crippen molar-refractivity contribution in [2.45, 2.75) is 77.5 Å². The first-order chi connectivity index (χ1) is 9.90. The summed E-state index contributed by atoms with van der Waals surface area (Å²) in [5.41, 5.74) is -0.432. The van der Waals surface area contributed by atoms with E-state index >= 15 is 0 Å². The topological polar surface area (TPSA) is 59.6 Å². The highest BCUT2D eigenvalue weighted by Gasteiger charge is 2.27. The number of alkyl carbamates (subject to hydrolysis) is 1. The van der Waals surface area contributed by atoms with Crippen LogP contribution in [0.1, 0.15) is 59.8 Å². The molecule has 1 aliphatic rings. The Balaban J connectivity index is 2.08. The second-order valence-corrected chi connectivity index (χ2v) is 6.77. The molecule has 0 spiro atoms. The normalized spacial score (nSPS) is 22.3. The SMILES string of the molecule is CCCOCCCNC1CCC(NC(=O)OC(C)(C)C)C1. The lowest BCUT2D eigenvalue weighted by molar-refractivity contribution is 0.0505. The lowest BCUT2D eigenvalue weighted by Gasteiger charge is -2.21. The van der Waals surface area contributed by atoms with Gasteiger partial charge in [0.05, 0.1) is 0 Å². The van der Waals surface area contributed by atoms with Crippen molar-refractivity contribution < 1.29 is 14.3 Å². The van der Waals surface area contributed by atoms with Gasteiger partial charge in [0.15, 0.2) is 0 Å². The van der Waals surface area contributed by atoms with Crippen molar-refractivity contribution in [1.29, 1.82) is 0 Å². The molecule has 21 heavy (non-hydrogen) atoms. The van der Waals surface area contributed by atoms with Crippen molar-refractivity contribution in [2.24, 2.45) is 0 Å². The summed E-state index contributed by atoms with van der Waals surface area (Å²) in [7, 11) is 0. The Morgan fingerprint density at radius 2 is 1.90 bits per heavy atom. The number of carbonyl (C=O) groups is 1. The minimum Gasteiger partial charge on any atom is -0.444 e. The molecule has 1 rings (SSSR count). The highest BCUT2D eigenvalue weighted by atomic mass is 16.6. The number of nitrogens with one attached hydrogen (secondary N) is 2. The molecule has 1 aliphatic carbocycles. The Kier molecular flexibility index (Phi) is 8.04. The summed E-state index contributed by atoms with van der Waals surface area (Å²) in [6.07, 6.45) is 4.92. The zero-order valence-electron chi connectivity index (χ0n) is 14.0. The van der Waals surface area contributed by atoms with Crippen LogP contribution in [0.2, 0.25) is 0 Å². The minimum absolute atomic E-state index is 0.230. The third-order valence-electron chi connectivity index (χ3n) is 3.40. The first-order valence-corrected chi connectivity index (χ1v) is 8.21. The minimum atomic E-state index is -0.432. The molecule has 0 aromatic heterocycles. The summed E-state index contributed by atoms with van der Waals surface area (Å²) in [6.45, 7) is 10.4. The van der Waals surface area contributed by atoms with Gasteiger partial charge in [-0.25, -0.2) is 4.79 Å². The predicted molar refractivity (Wildman–Crippen MR) is 84.5 cm³/mol. The molecule has 2 unspecified atom stereocenters. The molecule has 0 aromatic carbocycles. The molecule has 2 atom stereocenters. The average Bonchev–Trinajstić information content (AvgIpc) is 2.78. The zero-order valence-corrected chi connectivity index (χ0v) is 14.0. The fourth-order valence-corrected chi connectivity index (χ4v) is 2.50. The van der Waals surface area contributed by atoms with E-state index in [2.05, 4.69) is 17.6 Å². The maximum absolute atomic E-state index is 11.7. The second kappa shape index (κ2) is 9.26. The smallest absolute Gasteiger partial charge is 0.407 e. The van der Waals surface area contributed by atoms with Crippen LogP contribution in [0, 0.1) is 0 Å². The molecule has 0 aromatic rings. The quantitative estimate of drug-likeness (QED) is 0.677. The largest absolute Gasteiger partial charge is 0.444 e. The monoisotopic (exact) mass is 300 g/mol. The second-order valence-electron chi connectivity index (χ2n) is 6.77. The van der Waals surface area contributed by atoms with E-state index in [1.54, 1.807) is 0 Å². The maximum atomic E-state index is 11.7. The standard InChI is InChI=1S/C16H32N2O3/c1-5-10-20-11-6-9-17-13-7-8-14(12-13)18-15(19)21-16(2,3)4/h13-14,17H,5-12H2,1-4H3,(H,18,19). The summed E-state index contributed by atoms with van der Waals surface area (Å²) in [6, 6.07) is 0.727. The number of hydrogen-bond donors (Lipinski definition) is 2. The van der Waals surface area contributed by atoms with Gasteiger partial charge in [0, 0.05) is 25.3 Å². The molecule has 2 N–H and O–H groups in total. The van der Waals surface area contributed by atoms with E-state index in [1.807, 2.05) is 20.8 Å². The molecular formula is C16H32N2O3. The molecule has 1 saturated carbocycles. The van der Waals surface area contributed by atoms with Crippen molar-refractivity contribution in [3.8, 4) is 0 Å². The highest BCUT2D eigenvalue weighted by Crippen LogP contribution is 2.19. The van der Waals surface area contributed by atoms with E-state index in [0.29, 0.717) is 6.04 Å². The van der Waals surface area contributed by atoms with Crippen molar-refractivity contribution in [3.63, 3.8) is 0 Å². The van der Waals surface area contributed by atoms with Crippen molar-refractivity contribution in [3.05, 3.63) is 0 Å². The van der Waals surface area contributed by atoms with E-state index < -0.39 is 5.60 Å². The molecule has 0 aliphatic heterocycles. The lowest BCUT2D eigenvalue weighted by atomic mass is 10.2. The number of amides is 1. The third kappa shape index (κ3) is 8.94. The number of carbonyl (C=O) groups excluding carboxylic acids is 1. The Labute approximate surface area is 129 Å². The van der Waals surface area contributed by atoms with Crippen molar-refractivity contribution >= 4 is 6.09 Å². The molecule has 124 valence electrons. The summed E-state index contributed by atoms with van der Waals surface area (Å²) in [5, 5.41) is 6.50. The third-order valence-corrected chi connectivity index (χ3v) is 3.40. The molecule has 0 saturated heterocycles. The zero-order chi connectivity index (χ0) is 15.7. The van der Waals surface area contributed by atoms with Gasteiger partial charge >= 0.3 is 6.09 Å². The van der Waals surface area contributed by atoms with E-state index in [1.165, 1.54) is 0 Å². The number of hydrogen-bond acceptors (Lipinski definition) is 4. The molecule has 0 bridgehead atoms. The number of rotatable bonds is 8. The van der Waals surface area contributed by atoms with Crippen LogP contribution in [-0.4, -0.2) is 43.5 Å². The van der Waals surface area contributed by atoms with Gasteiger partial charge in [-0.3, -0.25) is 0 Å². The maximum Gasteiger partial charge on any atom is 0.407 e. The molecule has 5 nitrogen and oxygen atoms in total. The first-order valence-electron chi connectivity index (χ1n) is 8.21. The Hall–Kier alpha value is -0.810. The molecular weight excluding hydrogens is 268 g/mol. The lowest BCUT2D eigenvalue weighted by Crippen LogP contribution is -2.39. The van der Waals surface area contributed by atoms with Gasteiger partial charge in [0.1, 0.15) is 5.60 Å². The van der Waals surface area contributed by atoms with Crippen molar-refractivity contribution in [2.75, 3.05) is 19.8 Å². The molecule has 0 radical (unpaired) electrons. The van der Waals surface area contributed by atoms with Crippen LogP contribution in [0.25, 0.3) is 0 Å². The average molecular weight is 300 g/mol. The van der Waals surface area contributed by atoms with Crippen LogP contribution in [0.15, 0.2) is 0 Å². The molecule has 0 heterocycles. The molecule has 1 amide bonds. The Morgan fingerprint density at radius 1 is 1.19 bits per heavy atom. The van der Waals surface area contributed by atoms with E-state index in [9.17, 15) is 4.79 Å². The van der Waals surface area contributed by atoms with Gasteiger partial charge in [-0.1, -0.05) is 6.92 Å². The van der Waals surface area contributed by atoms with Crippen LogP contribution in [0.5, 0.6) is 0 Å². The van der Waals surface area contributed by atoms with E-state index in [4.69, 9.17) is 9.47 Å². The van der Waals surface area contributed by atoms with Crippen LogP contribution in [0.3, 0.4) is 0 Å². The van der Waals surface area contributed by atoms with Gasteiger partial charge < -0.3 is 20.1 Å². The van der Waals surface area contributed by atoms with E-state index in [-0.39, 0.29) is 12.1 Å². The summed E-state index contributed by atoms with van der Waals surface area (Å²) in [4.78, 5) is 11.7. The van der Waals surface area contributed by atoms with Gasteiger partial charge in [-0.15, -0.1) is 0 Å². The molecule has 5 heteroatoms. The van der Waals surface area contributed by atoms with Crippen LogP contribution >= 0.6 is 0 Å². The number of ether oxygens (including phenoxy) is 2. The van der Waals surface area contributed by atoms with Gasteiger partial charge in [-0.2, -0.15) is 0 Å².